The molecule has 0 N–H and O–H groups in total. The first-order valence-electron chi connectivity index (χ1n) is 4.84. The van der Waals surface area contributed by atoms with Gasteiger partial charge in [0.15, 0.2) is 5.79 Å². The summed E-state index contributed by atoms with van der Waals surface area (Å²) < 4.78 is 59.9. The van der Waals surface area contributed by atoms with Gasteiger partial charge in [0.2, 0.25) is 0 Å². The Kier molecular flexibility index (Phi) is 3.94. The molecule has 15 heavy (non-hydrogen) atoms. The molecule has 0 aromatic rings. The third-order valence-corrected chi connectivity index (χ3v) is 2.46. The van der Waals surface area contributed by atoms with Crippen molar-refractivity contribution in [3.8, 4) is 0 Å². The van der Waals surface area contributed by atoms with Gasteiger partial charge in [-0.2, -0.15) is 13.2 Å². The highest BCUT2D eigenvalue weighted by molar-refractivity contribution is 4.82. The van der Waals surface area contributed by atoms with Crippen molar-refractivity contribution in [2.24, 2.45) is 5.92 Å². The molecular formula is C9H14F4O2. The van der Waals surface area contributed by atoms with Crippen molar-refractivity contribution < 1.29 is 27.0 Å². The lowest BCUT2D eigenvalue weighted by Crippen LogP contribution is -2.47. The number of ether oxygens (including phenoxy) is 2. The van der Waals surface area contributed by atoms with Crippen molar-refractivity contribution in [1.29, 1.82) is 0 Å². The van der Waals surface area contributed by atoms with Crippen LogP contribution in [-0.4, -0.2) is 31.9 Å². The fourth-order valence-corrected chi connectivity index (χ4v) is 1.70. The minimum Gasteiger partial charge on any atom is -0.348 e. The molecule has 6 heteroatoms. The van der Waals surface area contributed by atoms with Crippen LogP contribution in [0.2, 0.25) is 0 Å². The topological polar surface area (TPSA) is 18.5 Å². The Morgan fingerprint density at radius 1 is 1.47 bits per heavy atom. The third kappa shape index (κ3) is 3.04. The largest absolute Gasteiger partial charge is 0.392 e. The number of alkyl halides is 4. The van der Waals surface area contributed by atoms with Gasteiger partial charge in [-0.15, -0.1) is 0 Å². The molecule has 0 aromatic carbocycles. The molecule has 1 aliphatic rings. The number of halogens is 4. The maximum atomic E-state index is 12.7. The molecule has 1 heterocycles. The Labute approximate surface area is 85.5 Å². The molecule has 1 aliphatic heterocycles. The Morgan fingerprint density at radius 3 is 2.60 bits per heavy atom. The summed E-state index contributed by atoms with van der Waals surface area (Å²) in [7, 11) is 0. The van der Waals surface area contributed by atoms with Crippen LogP contribution in [0.15, 0.2) is 0 Å². The Balaban J connectivity index is 2.68. The summed E-state index contributed by atoms with van der Waals surface area (Å²) in [6, 6.07) is 0. The van der Waals surface area contributed by atoms with E-state index in [4.69, 9.17) is 9.47 Å². The number of rotatable bonds is 3. The maximum Gasteiger partial charge on any atom is 0.392 e. The van der Waals surface area contributed by atoms with Gasteiger partial charge in [0, 0.05) is 13.0 Å². The molecule has 2 atom stereocenters. The molecule has 0 aromatic heterocycles. The molecule has 1 saturated heterocycles. The van der Waals surface area contributed by atoms with Crippen molar-refractivity contribution in [3.05, 3.63) is 0 Å². The first-order valence-corrected chi connectivity index (χ1v) is 4.84. The smallest absolute Gasteiger partial charge is 0.348 e. The van der Waals surface area contributed by atoms with Crippen molar-refractivity contribution in [1.82, 2.24) is 0 Å². The van der Waals surface area contributed by atoms with Crippen LogP contribution in [0, 0.1) is 5.92 Å². The van der Waals surface area contributed by atoms with Crippen LogP contribution < -0.4 is 0 Å². The Hall–Kier alpha value is -0.360. The van der Waals surface area contributed by atoms with Crippen molar-refractivity contribution in [2.45, 2.75) is 31.7 Å². The van der Waals surface area contributed by atoms with E-state index in [2.05, 4.69) is 0 Å². The highest BCUT2D eigenvalue weighted by atomic mass is 19.4. The second-order valence-corrected chi connectivity index (χ2v) is 3.56. The van der Waals surface area contributed by atoms with Crippen molar-refractivity contribution in [2.75, 3.05) is 19.9 Å². The molecule has 0 amide bonds. The van der Waals surface area contributed by atoms with Crippen LogP contribution in [0.3, 0.4) is 0 Å². The zero-order valence-electron chi connectivity index (χ0n) is 8.44. The molecule has 0 aliphatic carbocycles. The van der Waals surface area contributed by atoms with E-state index in [1.807, 2.05) is 0 Å². The van der Waals surface area contributed by atoms with Crippen molar-refractivity contribution in [3.63, 3.8) is 0 Å². The van der Waals surface area contributed by atoms with Gasteiger partial charge >= 0.3 is 6.18 Å². The SMILES string of the molecule is CCOC1(CF)CC(C(F)(F)F)CCO1. The minimum atomic E-state index is -4.30. The predicted octanol–water partition coefficient (Wildman–Crippen LogP) is 2.68. The average molecular weight is 230 g/mol. The third-order valence-electron chi connectivity index (χ3n) is 2.46. The summed E-state index contributed by atoms with van der Waals surface area (Å²) in [5.74, 6) is -3.22. The fraction of sp³-hybridized carbons (Fsp3) is 1.00. The first-order chi connectivity index (χ1) is 6.93. The predicted molar refractivity (Wildman–Crippen MR) is 45.1 cm³/mol. The van der Waals surface area contributed by atoms with Crippen LogP contribution in [-0.2, 0) is 9.47 Å². The normalized spacial score (nSPS) is 33.0. The monoisotopic (exact) mass is 230 g/mol. The van der Waals surface area contributed by atoms with E-state index in [1.54, 1.807) is 6.92 Å². The number of hydrogen-bond acceptors (Lipinski definition) is 2. The van der Waals surface area contributed by atoms with Gasteiger partial charge in [-0.25, -0.2) is 4.39 Å². The highest BCUT2D eigenvalue weighted by Gasteiger charge is 2.49. The quantitative estimate of drug-likeness (QED) is 0.694. The summed E-state index contributed by atoms with van der Waals surface area (Å²) >= 11 is 0. The van der Waals surface area contributed by atoms with E-state index in [1.165, 1.54) is 0 Å². The Morgan fingerprint density at radius 2 is 2.13 bits per heavy atom. The van der Waals surface area contributed by atoms with Gasteiger partial charge in [-0.05, 0) is 13.3 Å². The maximum absolute atomic E-state index is 12.7. The van der Waals surface area contributed by atoms with E-state index in [-0.39, 0.29) is 19.6 Å². The molecule has 1 rings (SSSR count). The molecule has 2 nitrogen and oxygen atoms in total. The molecule has 2 unspecified atom stereocenters. The summed E-state index contributed by atoms with van der Waals surface area (Å²) in [5.41, 5.74) is 0. The molecule has 90 valence electrons. The van der Waals surface area contributed by atoms with Gasteiger partial charge in [0.1, 0.15) is 6.67 Å². The molecule has 0 spiro atoms. The van der Waals surface area contributed by atoms with Gasteiger partial charge < -0.3 is 9.47 Å². The lowest BCUT2D eigenvalue weighted by molar-refractivity contribution is -0.300. The van der Waals surface area contributed by atoms with Crippen LogP contribution >= 0.6 is 0 Å². The first kappa shape index (κ1) is 12.7. The van der Waals surface area contributed by atoms with E-state index < -0.39 is 31.0 Å². The standard InChI is InChI=1S/C9H14F4O2/c1-2-14-8(6-10)5-7(3-4-15-8)9(11,12)13/h7H,2-6H2,1H3. The molecule has 0 radical (unpaired) electrons. The Bertz CT molecular complexity index is 203. The molecule has 0 bridgehead atoms. The molecule has 0 saturated carbocycles. The second-order valence-electron chi connectivity index (χ2n) is 3.56. The van der Waals surface area contributed by atoms with Crippen molar-refractivity contribution >= 4 is 0 Å². The van der Waals surface area contributed by atoms with Crippen LogP contribution in [0.4, 0.5) is 17.6 Å². The average Bonchev–Trinajstić information content (AvgIpc) is 2.17. The van der Waals surface area contributed by atoms with Gasteiger partial charge in [0.25, 0.3) is 0 Å². The van der Waals surface area contributed by atoms with E-state index in [9.17, 15) is 17.6 Å². The van der Waals surface area contributed by atoms with E-state index in [0.29, 0.717) is 0 Å². The highest BCUT2D eigenvalue weighted by Crippen LogP contribution is 2.40. The fourth-order valence-electron chi connectivity index (χ4n) is 1.70. The van der Waals surface area contributed by atoms with Gasteiger partial charge in [0.05, 0.1) is 12.5 Å². The summed E-state index contributed by atoms with van der Waals surface area (Å²) in [5, 5.41) is 0. The van der Waals surface area contributed by atoms with Crippen LogP contribution in [0.1, 0.15) is 19.8 Å². The zero-order valence-corrected chi connectivity index (χ0v) is 8.44. The zero-order chi connectivity index (χ0) is 11.5. The van der Waals surface area contributed by atoms with Gasteiger partial charge in [-0.1, -0.05) is 0 Å². The lowest BCUT2D eigenvalue weighted by Gasteiger charge is -2.39. The summed E-state index contributed by atoms with van der Waals surface area (Å²) in [6.07, 6.45) is -4.89. The second kappa shape index (κ2) is 4.65. The lowest BCUT2D eigenvalue weighted by atomic mass is 9.93. The van der Waals surface area contributed by atoms with Gasteiger partial charge in [-0.3, -0.25) is 0 Å². The summed E-state index contributed by atoms with van der Waals surface area (Å²) in [4.78, 5) is 0. The van der Waals surface area contributed by atoms with Crippen LogP contribution in [0.5, 0.6) is 0 Å². The van der Waals surface area contributed by atoms with Crippen LogP contribution in [0.25, 0.3) is 0 Å². The minimum absolute atomic E-state index is 0.117. The molecule has 1 fully saturated rings. The molecular weight excluding hydrogens is 216 g/mol. The number of hydrogen-bond donors (Lipinski definition) is 0. The summed E-state index contributed by atoms with van der Waals surface area (Å²) in [6.45, 7) is 0.563. The van der Waals surface area contributed by atoms with E-state index in [0.717, 1.165) is 0 Å². The van der Waals surface area contributed by atoms with E-state index >= 15 is 0 Å².